The summed E-state index contributed by atoms with van der Waals surface area (Å²) < 4.78 is 0. The van der Waals surface area contributed by atoms with Gasteiger partial charge in [0, 0.05) is 28.8 Å². The van der Waals surface area contributed by atoms with Crippen LogP contribution in [0.25, 0.3) is 0 Å². The minimum Gasteiger partial charge on any atom is -0.399 e. The van der Waals surface area contributed by atoms with Crippen molar-refractivity contribution >= 4 is 11.4 Å². The first-order chi connectivity index (χ1) is 12.9. The van der Waals surface area contributed by atoms with E-state index in [0.717, 1.165) is 33.6 Å². The van der Waals surface area contributed by atoms with Crippen LogP contribution in [0, 0.1) is 31.1 Å². The molecular weight excluding hydrogens is 330 g/mol. The third kappa shape index (κ3) is 3.80. The quantitative estimate of drug-likeness (QED) is 0.745. The Morgan fingerprint density at radius 1 is 0.926 bits per heavy atom. The molecule has 3 nitrogen and oxygen atoms in total. The van der Waals surface area contributed by atoms with Gasteiger partial charge < -0.3 is 11.5 Å². The van der Waals surface area contributed by atoms with Crippen LogP contribution in [0.3, 0.4) is 0 Å². The molecule has 0 spiro atoms. The van der Waals surface area contributed by atoms with E-state index in [0.29, 0.717) is 0 Å². The van der Waals surface area contributed by atoms with Crippen LogP contribution in [0.4, 0.5) is 11.4 Å². The second-order valence-electron chi connectivity index (χ2n) is 7.21. The monoisotopic (exact) mass is 355 g/mol. The zero-order valence-corrected chi connectivity index (χ0v) is 16.0. The number of nitrogen functional groups attached to an aromatic ring is 2. The van der Waals surface area contributed by atoms with Crippen LogP contribution in [-0.4, -0.2) is 0 Å². The summed E-state index contributed by atoms with van der Waals surface area (Å²) in [5.74, 6) is 0.145. The summed E-state index contributed by atoms with van der Waals surface area (Å²) in [6, 6.07) is 14.7. The Hall–Kier alpha value is -3.25. The molecule has 0 aliphatic heterocycles. The van der Waals surface area contributed by atoms with Gasteiger partial charge in [-0.2, -0.15) is 5.26 Å². The maximum atomic E-state index is 9.37. The topological polar surface area (TPSA) is 75.8 Å². The fraction of sp³-hybridized carbons (Fsp3) is 0.208. The molecule has 27 heavy (non-hydrogen) atoms. The van der Waals surface area contributed by atoms with E-state index in [-0.39, 0.29) is 11.8 Å². The lowest BCUT2D eigenvalue weighted by molar-refractivity contribution is 0.894. The van der Waals surface area contributed by atoms with Crippen LogP contribution in [-0.2, 0) is 0 Å². The molecule has 0 saturated carbocycles. The van der Waals surface area contributed by atoms with Crippen molar-refractivity contribution in [2.45, 2.75) is 26.7 Å². The van der Waals surface area contributed by atoms with Crippen molar-refractivity contribution < 1.29 is 0 Å². The van der Waals surface area contributed by atoms with E-state index >= 15 is 0 Å². The van der Waals surface area contributed by atoms with Crippen molar-refractivity contribution in [1.82, 2.24) is 0 Å². The molecule has 0 heterocycles. The maximum Gasteiger partial charge on any atom is 0.0953 e. The summed E-state index contributed by atoms with van der Waals surface area (Å²) in [7, 11) is 0. The fourth-order valence-electron chi connectivity index (χ4n) is 3.42. The lowest BCUT2D eigenvalue weighted by atomic mass is 9.83. The number of anilines is 2. The van der Waals surface area contributed by atoms with Gasteiger partial charge in [-0.3, -0.25) is 0 Å². The summed E-state index contributed by atoms with van der Waals surface area (Å²) >= 11 is 0. The van der Waals surface area contributed by atoms with Crippen LogP contribution >= 0.6 is 0 Å². The Morgan fingerprint density at radius 2 is 1.48 bits per heavy atom. The molecule has 1 aliphatic carbocycles. The first kappa shape index (κ1) is 18.5. The van der Waals surface area contributed by atoms with E-state index in [2.05, 4.69) is 48.6 Å². The van der Waals surface area contributed by atoms with Crippen LogP contribution in [0.2, 0.25) is 0 Å². The normalized spacial score (nSPS) is 16.5. The van der Waals surface area contributed by atoms with Crippen LogP contribution in [0.15, 0.2) is 71.8 Å². The smallest absolute Gasteiger partial charge is 0.0953 e. The summed E-state index contributed by atoms with van der Waals surface area (Å²) in [5, 5.41) is 9.37. The summed E-state index contributed by atoms with van der Waals surface area (Å²) in [5.41, 5.74) is 20.0. The van der Waals surface area contributed by atoms with Gasteiger partial charge in [-0.1, -0.05) is 49.4 Å². The van der Waals surface area contributed by atoms with Crippen LogP contribution in [0.1, 0.15) is 35.1 Å². The molecular formula is C24H25N3. The third-order valence-electron chi connectivity index (χ3n) is 5.24. The van der Waals surface area contributed by atoms with E-state index < -0.39 is 0 Å². The number of nitrogens with two attached hydrogens (primary N) is 2. The summed E-state index contributed by atoms with van der Waals surface area (Å²) in [4.78, 5) is 0. The highest BCUT2D eigenvalue weighted by atomic mass is 14.6. The van der Waals surface area contributed by atoms with Gasteiger partial charge >= 0.3 is 0 Å². The van der Waals surface area contributed by atoms with Crippen molar-refractivity contribution in [3.05, 3.63) is 94.1 Å². The molecule has 3 rings (SSSR count). The summed E-state index contributed by atoms with van der Waals surface area (Å²) in [6.07, 6.45) is 8.21. The van der Waals surface area contributed by atoms with Gasteiger partial charge in [0.2, 0.25) is 0 Å². The second-order valence-corrected chi connectivity index (χ2v) is 7.21. The lowest BCUT2D eigenvalue weighted by Gasteiger charge is -2.21. The number of hydrogen-bond donors (Lipinski definition) is 2. The Kier molecular flexibility index (Phi) is 5.19. The van der Waals surface area contributed by atoms with Gasteiger partial charge in [0.05, 0.1) is 6.07 Å². The average Bonchev–Trinajstić information content (AvgIpc) is 2.83. The Bertz CT molecular complexity index is 951. The molecule has 0 aromatic heterocycles. The van der Waals surface area contributed by atoms with Gasteiger partial charge in [0.1, 0.15) is 0 Å². The predicted octanol–water partition coefficient (Wildman–Crippen LogP) is 5.18. The van der Waals surface area contributed by atoms with Gasteiger partial charge in [-0.25, -0.2) is 0 Å². The van der Waals surface area contributed by atoms with Gasteiger partial charge in [-0.05, 0) is 59.9 Å². The standard InChI is InChI=1S/C24H25N3/c1-15-4-5-18(6-7-21(15)14-25)24(19-8-10-22(26)16(2)12-19)20-9-11-23(27)17(3)13-20/h4-13,15,24H,26-27H2,1-3H3. The van der Waals surface area contributed by atoms with Crippen molar-refractivity contribution in [3.8, 4) is 6.07 Å². The van der Waals surface area contributed by atoms with Gasteiger partial charge in [0.15, 0.2) is 0 Å². The largest absolute Gasteiger partial charge is 0.399 e. The first-order valence-electron chi connectivity index (χ1n) is 9.13. The molecule has 1 unspecified atom stereocenters. The van der Waals surface area contributed by atoms with E-state index in [4.69, 9.17) is 11.5 Å². The minimum atomic E-state index is 0.0429. The minimum absolute atomic E-state index is 0.0429. The van der Waals surface area contributed by atoms with Crippen LogP contribution < -0.4 is 11.5 Å². The molecule has 1 aliphatic rings. The van der Waals surface area contributed by atoms with E-state index in [1.54, 1.807) is 0 Å². The Morgan fingerprint density at radius 3 is 1.96 bits per heavy atom. The van der Waals surface area contributed by atoms with Crippen molar-refractivity contribution in [1.29, 1.82) is 5.26 Å². The zero-order chi connectivity index (χ0) is 19.6. The molecule has 2 aromatic rings. The molecule has 3 heteroatoms. The average molecular weight is 355 g/mol. The fourth-order valence-corrected chi connectivity index (χ4v) is 3.42. The molecule has 0 amide bonds. The van der Waals surface area contributed by atoms with Crippen molar-refractivity contribution in [3.63, 3.8) is 0 Å². The van der Waals surface area contributed by atoms with Crippen molar-refractivity contribution in [2.75, 3.05) is 11.5 Å². The Balaban J connectivity index is 2.18. The Labute approximate surface area is 161 Å². The number of benzene rings is 2. The molecule has 0 radical (unpaired) electrons. The molecule has 0 bridgehead atoms. The van der Waals surface area contributed by atoms with E-state index in [1.165, 1.54) is 11.1 Å². The molecule has 4 N–H and O–H groups in total. The third-order valence-corrected chi connectivity index (χ3v) is 5.24. The first-order valence-corrected chi connectivity index (χ1v) is 9.13. The number of hydrogen-bond acceptors (Lipinski definition) is 3. The SMILES string of the molecule is Cc1cc(C(C2=CC=C(C#N)C(C)C=C2)c2ccc(N)c(C)c2)ccc1N. The second kappa shape index (κ2) is 7.55. The molecule has 2 aromatic carbocycles. The van der Waals surface area contributed by atoms with Gasteiger partial charge in [0.25, 0.3) is 0 Å². The number of nitriles is 1. The summed E-state index contributed by atoms with van der Waals surface area (Å²) in [6.45, 7) is 6.09. The zero-order valence-electron chi connectivity index (χ0n) is 16.0. The maximum absolute atomic E-state index is 9.37. The number of rotatable bonds is 3. The van der Waals surface area contributed by atoms with E-state index in [9.17, 15) is 5.26 Å². The van der Waals surface area contributed by atoms with Crippen molar-refractivity contribution in [2.24, 2.45) is 5.92 Å². The molecule has 0 saturated heterocycles. The predicted molar refractivity (Wildman–Crippen MR) is 113 cm³/mol. The van der Waals surface area contributed by atoms with E-state index in [1.807, 2.05) is 39.0 Å². The van der Waals surface area contributed by atoms with Gasteiger partial charge in [-0.15, -0.1) is 0 Å². The lowest BCUT2D eigenvalue weighted by Crippen LogP contribution is -2.06. The number of nitrogens with zero attached hydrogens (tertiary/aromatic N) is 1. The highest BCUT2D eigenvalue weighted by Gasteiger charge is 2.20. The molecule has 0 fully saturated rings. The highest BCUT2D eigenvalue weighted by molar-refractivity contribution is 5.57. The van der Waals surface area contributed by atoms with Crippen LogP contribution in [0.5, 0.6) is 0 Å². The number of allylic oxidation sites excluding steroid dienone is 6. The molecule has 1 atom stereocenters. The highest BCUT2D eigenvalue weighted by Crippen LogP contribution is 2.36. The molecule has 136 valence electrons. The number of aryl methyl sites for hydroxylation is 2.